The Morgan fingerprint density at radius 3 is 2.93 bits per heavy atom. The first-order valence-electron chi connectivity index (χ1n) is 4.02. The number of nitrogens with one attached hydrogen (secondary N) is 1. The van der Waals surface area contributed by atoms with E-state index in [1.807, 2.05) is 24.3 Å². The van der Waals surface area contributed by atoms with Crippen molar-refractivity contribution < 1.29 is 4.92 Å². The van der Waals surface area contributed by atoms with E-state index in [0.29, 0.717) is 5.82 Å². The lowest BCUT2D eigenvalue weighted by Crippen LogP contribution is -1.83. The maximum atomic E-state index is 10.1. The molecule has 70 valence electrons. The second kappa shape index (κ2) is 3.29. The van der Waals surface area contributed by atoms with Crippen molar-refractivity contribution in [3.05, 3.63) is 46.4 Å². The Hall–Kier alpha value is -2.17. The van der Waals surface area contributed by atoms with Crippen LogP contribution in [0, 0.1) is 10.1 Å². The Morgan fingerprint density at radius 1 is 1.43 bits per heavy atom. The van der Waals surface area contributed by atoms with E-state index in [1.54, 1.807) is 0 Å². The van der Waals surface area contributed by atoms with Crippen molar-refractivity contribution in [2.45, 2.75) is 0 Å². The molecule has 5 heteroatoms. The van der Waals surface area contributed by atoms with Gasteiger partial charge in [0.1, 0.15) is 5.82 Å². The van der Waals surface area contributed by atoms with E-state index in [4.69, 9.17) is 0 Å². The first-order valence-corrected chi connectivity index (χ1v) is 4.02. The molecule has 1 aromatic carbocycles. The molecule has 1 N–H and O–H groups in total. The zero-order valence-corrected chi connectivity index (χ0v) is 7.18. The number of hydrogen-bond acceptors (Lipinski definition) is 3. The van der Waals surface area contributed by atoms with Gasteiger partial charge in [-0.25, -0.2) is 4.98 Å². The number of nitrogens with zero attached hydrogens (tertiary/aromatic N) is 2. The van der Waals surface area contributed by atoms with Crippen molar-refractivity contribution in [2.24, 2.45) is 0 Å². The summed E-state index contributed by atoms with van der Waals surface area (Å²) >= 11 is 0. The highest BCUT2D eigenvalue weighted by Gasteiger charge is 1.98. The third-order valence-corrected chi connectivity index (χ3v) is 1.76. The van der Waals surface area contributed by atoms with Crippen molar-refractivity contribution in [3.8, 4) is 0 Å². The zero-order valence-electron chi connectivity index (χ0n) is 7.18. The predicted octanol–water partition coefficient (Wildman–Crippen LogP) is 1.81. The lowest BCUT2D eigenvalue weighted by Gasteiger charge is -1.81. The van der Waals surface area contributed by atoms with Gasteiger partial charge in [-0.05, 0) is 12.1 Å². The molecule has 0 unspecified atom stereocenters. The van der Waals surface area contributed by atoms with Gasteiger partial charge in [0.2, 0.25) is 6.20 Å². The molecule has 0 saturated carbocycles. The Balaban J connectivity index is 2.40. The van der Waals surface area contributed by atoms with E-state index < -0.39 is 4.92 Å². The van der Waals surface area contributed by atoms with Gasteiger partial charge in [0.15, 0.2) is 0 Å². The summed E-state index contributed by atoms with van der Waals surface area (Å²) < 4.78 is 0. The monoisotopic (exact) mass is 189 g/mol. The second-order valence-electron chi connectivity index (χ2n) is 2.74. The topological polar surface area (TPSA) is 71.8 Å². The quantitative estimate of drug-likeness (QED) is 0.578. The van der Waals surface area contributed by atoms with Gasteiger partial charge < -0.3 is 4.98 Å². The number of imidazole rings is 1. The molecule has 0 bridgehead atoms. The molecule has 0 aliphatic heterocycles. The normalized spacial score (nSPS) is 11.1. The van der Waals surface area contributed by atoms with Crippen LogP contribution in [0.25, 0.3) is 17.1 Å². The van der Waals surface area contributed by atoms with Crippen molar-refractivity contribution in [1.82, 2.24) is 9.97 Å². The number of benzene rings is 1. The highest BCUT2D eigenvalue weighted by molar-refractivity contribution is 5.76. The first-order chi connectivity index (χ1) is 6.75. The van der Waals surface area contributed by atoms with Crippen LogP contribution in [0.15, 0.2) is 30.5 Å². The number of hydrogen-bond donors (Lipinski definition) is 1. The minimum atomic E-state index is -0.521. The van der Waals surface area contributed by atoms with E-state index >= 15 is 0 Å². The molecule has 0 atom stereocenters. The van der Waals surface area contributed by atoms with Gasteiger partial charge in [-0.15, -0.1) is 0 Å². The molecule has 2 aromatic rings. The molecule has 14 heavy (non-hydrogen) atoms. The first kappa shape index (κ1) is 8.43. The highest BCUT2D eigenvalue weighted by Crippen LogP contribution is 2.10. The van der Waals surface area contributed by atoms with Gasteiger partial charge in [-0.1, -0.05) is 12.1 Å². The standard InChI is InChI=1S/C9H7N3O2/c13-12(14)6-5-9-10-7-3-1-2-4-8(7)11-9/h1-6H,(H,10,11). The molecule has 0 aliphatic carbocycles. The average Bonchev–Trinajstić information content (AvgIpc) is 2.57. The molecular weight excluding hydrogens is 182 g/mol. The van der Waals surface area contributed by atoms with Crippen LogP contribution in [-0.2, 0) is 0 Å². The SMILES string of the molecule is O=[N+]([O-])C=Cc1nc2ccccc2[nH]1. The van der Waals surface area contributed by atoms with Gasteiger partial charge >= 0.3 is 0 Å². The van der Waals surface area contributed by atoms with E-state index in [1.165, 1.54) is 6.08 Å². The van der Waals surface area contributed by atoms with Crippen LogP contribution in [-0.4, -0.2) is 14.9 Å². The number of para-hydroxylation sites is 2. The lowest BCUT2D eigenvalue weighted by atomic mass is 10.3. The Kier molecular flexibility index (Phi) is 1.98. The zero-order chi connectivity index (χ0) is 9.97. The summed E-state index contributed by atoms with van der Waals surface area (Å²) in [5.74, 6) is 0.489. The average molecular weight is 189 g/mol. The van der Waals surface area contributed by atoms with Crippen LogP contribution in [0.4, 0.5) is 0 Å². The van der Waals surface area contributed by atoms with E-state index in [-0.39, 0.29) is 0 Å². The van der Waals surface area contributed by atoms with Gasteiger partial charge in [-0.2, -0.15) is 0 Å². The molecule has 0 spiro atoms. The highest BCUT2D eigenvalue weighted by atomic mass is 16.6. The summed E-state index contributed by atoms with van der Waals surface area (Å²) in [5.41, 5.74) is 1.67. The third-order valence-electron chi connectivity index (χ3n) is 1.76. The molecular formula is C9H7N3O2. The molecule has 2 rings (SSSR count). The molecule has 0 saturated heterocycles. The van der Waals surface area contributed by atoms with Crippen LogP contribution in [0.1, 0.15) is 5.82 Å². The molecule has 0 amide bonds. The molecule has 0 radical (unpaired) electrons. The summed E-state index contributed by atoms with van der Waals surface area (Å²) in [6.07, 6.45) is 2.19. The van der Waals surface area contributed by atoms with Crippen molar-refractivity contribution in [2.75, 3.05) is 0 Å². The number of fused-ring (bicyclic) bond motifs is 1. The van der Waals surface area contributed by atoms with Crippen LogP contribution in [0.2, 0.25) is 0 Å². The van der Waals surface area contributed by atoms with Crippen molar-refractivity contribution in [3.63, 3.8) is 0 Å². The maximum absolute atomic E-state index is 10.1. The number of aromatic amines is 1. The molecule has 0 aliphatic rings. The molecule has 1 heterocycles. The predicted molar refractivity (Wildman–Crippen MR) is 52.1 cm³/mol. The second-order valence-corrected chi connectivity index (χ2v) is 2.74. The smallest absolute Gasteiger partial charge is 0.238 e. The van der Waals surface area contributed by atoms with E-state index in [0.717, 1.165) is 17.2 Å². The molecule has 5 nitrogen and oxygen atoms in total. The van der Waals surface area contributed by atoms with Gasteiger partial charge in [-0.3, -0.25) is 10.1 Å². The maximum Gasteiger partial charge on any atom is 0.238 e. The summed E-state index contributed by atoms with van der Waals surface area (Å²) in [4.78, 5) is 16.6. The fraction of sp³-hybridized carbons (Fsp3) is 0. The summed E-state index contributed by atoms with van der Waals surface area (Å²) in [6.45, 7) is 0. The summed E-state index contributed by atoms with van der Waals surface area (Å²) in [7, 11) is 0. The van der Waals surface area contributed by atoms with Crippen molar-refractivity contribution in [1.29, 1.82) is 0 Å². The van der Waals surface area contributed by atoms with Gasteiger partial charge in [0.05, 0.1) is 22.0 Å². The fourth-order valence-electron chi connectivity index (χ4n) is 1.18. The van der Waals surface area contributed by atoms with Crippen LogP contribution < -0.4 is 0 Å². The van der Waals surface area contributed by atoms with Crippen LogP contribution in [0.3, 0.4) is 0 Å². The largest absolute Gasteiger partial charge is 0.338 e. The number of H-pyrrole nitrogens is 1. The Morgan fingerprint density at radius 2 is 2.21 bits per heavy atom. The Bertz CT molecular complexity index is 468. The van der Waals surface area contributed by atoms with Gasteiger partial charge in [0, 0.05) is 0 Å². The van der Waals surface area contributed by atoms with Gasteiger partial charge in [0.25, 0.3) is 0 Å². The van der Waals surface area contributed by atoms with E-state index in [9.17, 15) is 10.1 Å². The Labute approximate surface area is 79.2 Å². The third kappa shape index (κ3) is 1.61. The number of nitro groups is 1. The summed E-state index contributed by atoms with van der Waals surface area (Å²) in [6, 6.07) is 7.45. The minimum absolute atomic E-state index is 0.489. The van der Waals surface area contributed by atoms with E-state index in [2.05, 4.69) is 9.97 Å². The fourth-order valence-corrected chi connectivity index (χ4v) is 1.18. The van der Waals surface area contributed by atoms with Crippen LogP contribution >= 0.6 is 0 Å². The number of rotatable bonds is 2. The number of aromatic nitrogens is 2. The van der Waals surface area contributed by atoms with Crippen LogP contribution in [0.5, 0.6) is 0 Å². The lowest BCUT2D eigenvalue weighted by molar-refractivity contribution is -0.401. The van der Waals surface area contributed by atoms with Crippen molar-refractivity contribution >= 4 is 17.1 Å². The minimum Gasteiger partial charge on any atom is -0.338 e. The molecule has 1 aromatic heterocycles. The summed E-state index contributed by atoms with van der Waals surface area (Å²) in [5, 5.41) is 10.1. The molecule has 0 fully saturated rings.